The van der Waals surface area contributed by atoms with Gasteiger partial charge in [-0.2, -0.15) is 5.26 Å². The maximum atomic E-state index is 12.7. The van der Waals surface area contributed by atoms with E-state index in [1.807, 2.05) is 36.4 Å². The predicted molar refractivity (Wildman–Crippen MR) is 119 cm³/mol. The highest BCUT2D eigenvalue weighted by Crippen LogP contribution is 2.35. The van der Waals surface area contributed by atoms with Gasteiger partial charge in [-0.05, 0) is 29.8 Å². The Morgan fingerprint density at radius 2 is 1.91 bits per heavy atom. The molecule has 0 radical (unpaired) electrons. The van der Waals surface area contributed by atoms with Crippen molar-refractivity contribution in [1.82, 2.24) is 0 Å². The minimum atomic E-state index is -0.553. The van der Waals surface area contributed by atoms with Crippen molar-refractivity contribution in [3.63, 3.8) is 0 Å². The number of fused-ring (bicyclic) bond motifs is 1. The Morgan fingerprint density at radius 3 is 2.69 bits per heavy atom. The number of nitrogens with zero attached hydrogens (tertiary/aromatic N) is 1. The van der Waals surface area contributed by atoms with E-state index in [0.29, 0.717) is 40.9 Å². The van der Waals surface area contributed by atoms with Crippen molar-refractivity contribution in [3.8, 4) is 29.1 Å². The van der Waals surface area contributed by atoms with Crippen molar-refractivity contribution in [3.05, 3.63) is 83.4 Å². The average molecular weight is 428 g/mol. The van der Waals surface area contributed by atoms with Gasteiger partial charge in [-0.25, -0.2) is 0 Å². The summed E-state index contributed by atoms with van der Waals surface area (Å²) in [5.74, 6) is 1.54. The smallest absolute Gasteiger partial charge is 0.266 e. The number of nitrogens with one attached hydrogen (secondary N) is 1. The standard InChI is InChI=1S/C25H20N2O5/c1-29-22-9-5-8-18(24(22)30-15-17-6-3-2-4-7-17)12-19(14-26)25(28)27-20-10-11-21-23(13-20)32-16-31-21/h2-13H,15-16H2,1H3,(H,27,28)/b19-12+. The van der Waals surface area contributed by atoms with Crippen molar-refractivity contribution >= 4 is 17.7 Å². The fourth-order valence-electron chi connectivity index (χ4n) is 3.17. The average Bonchev–Trinajstić information content (AvgIpc) is 3.30. The summed E-state index contributed by atoms with van der Waals surface area (Å²) in [7, 11) is 1.54. The molecule has 1 amide bonds. The van der Waals surface area contributed by atoms with E-state index in [9.17, 15) is 10.1 Å². The fourth-order valence-corrected chi connectivity index (χ4v) is 3.17. The molecule has 0 aliphatic carbocycles. The molecule has 7 heteroatoms. The number of hydrogen-bond acceptors (Lipinski definition) is 6. The minimum Gasteiger partial charge on any atom is -0.493 e. The normalized spacial score (nSPS) is 12.1. The maximum absolute atomic E-state index is 12.7. The molecule has 160 valence electrons. The number of carbonyl (C=O) groups excluding carboxylic acids is 1. The number of carbonyl (C=O) groups is 1. The van der Waals surface area contributed by atoms with Crippen LogP contribution in [0.5, 0.6) is 23.0 Å². The first kappa shape index (κ1) is 20.8. The highest BCUT2D eigenvalue weighted by atomic mass is 16.7. The summed E-state index contributed by atoms with van der Waals surface area (Å²) in [6.07, 6.45) is 1.48. The molecule has 0 bridgehead atoms. The Bertz CT molecular complexity index is 1200. The predicted octanol–water partition coefficient (Wildman–Crippen LogP) is 4.55. The molecule has 0 spiro atoms. The zero-order valence-corrected chi connectivity index (χ0v) is 17.3. The maximum Gasteiger partial charge on any atom is 0.266 e. The van der Waals surface area contributed by atoms with Crippen molar-refractivity contribution in [2.75, 3.05) is 19.2 Å². The van der Waals surface area contributed by atoms with Crippen LogP contribution in [-0.4, -0.2) is 19.8 Å². The Morgan fingerprint density at radius 1 is 1.09 bits per heavy atom. The van der Waals surface area contributed by atoms with E-state index in [1.165, 1.54) is 13.2 Å². The van der Waals surface area contributed by atoms with Crippen LogP contribution in [0, 0.1) is 11.3 Å². The molecule has 32 heavy (non-hydrogen) atoms. The van der Waals surface area contributed by atoms with Gasteiger partial charge in [0, 0.05) is 17.3 Å². The number of rotatable bonds is 7. The topological polar surface area (TPSA) is 89.8 Å². The van der Waals surface area contributed by atoms with E-state index in [4.69, 9.17) is 18.9 Å². The molecule has 0 fully saturated rings. The van der Waals surface area contributed by atoms with Crippen LogP contribution in [-0.2, 0) is 11.4 Å². The van der Waals surface area contributed by atoms with Crippen molar-refractivity contribution in [2.24, 2.45) is 0 Å². The van der Waals surface area contributed by atoms with Crippen LogP contribution < -0.4 is 24.3 Å². The molecule has 0 saturated carbocycles. The van der Waals surface area contributed by atoms with Gasteiger partial charge >= 0.3 is 0 Å². The zero-order valence-electron chi connectivity index (χ0n) is 17.3. The number of nitriles is 1. The fraction of sp³-hybridized carbons (Fsp3) is 0.120. The Labute approximate surface area is 185 Å². The Balaban J connectivity index is 1.57. The van der Waals surface area contributed by atoms with Crippen molar-refractivity contribution < 1.29 is 23.7 Å². The van der Waals surface area contributed by atoms with E-state index in [0.717, 1.165) is 5.56 Å². The number of hydrogen-bond donors (Lipinski definition) is 1. The third-order valence-electron chi connectivity index (χ3n) is 4.75. The molecule has 0 unspecified atom stereocenters. The molecule has 1 aliphatic heterocycles. The van der Waals surface area contributed by atoms with Crippen molar-refractivity contribution in [1.29, 1.82) is 5.26 Å². The van der Waals surface area contributed by atoms with Crippen molar-refractivity contribution in [2.45, 2.75) is 6.61 Å². The number of methoxy groups -OCH3 is 1. The van der Waals surface area contributed by atoms with Crippen LogP contribution in [0.15, 0.2) is 72.3 Å². The first-order chi connectivity index (χ1) is 15.7. The van der Waals surface area contributed by atoms with Crippen LogP contribution in [0.4, 0.5) is 5.69 Å². The zero-order chi connectivity index (χ0) is 22.3. The number of amides is 1. The summed E-state index contributed by atoms with van der Waals surface area (Å²) in [6, 6.07) is 22.0. The number of anilines is 1. The second-order valence-corrected chi connectivity index (χ2v) is 6.84. The van der Waals surface area contributed by atoms with Gasteiger partial charge < -0.3 is 24.3 Å². The third-order valence-corrected chi connectivity index (χ3v) is 4.75. The van der Waals surface area contributed by atoms with Crippen LogP contribution in [0.25, 0.3) is 6.08 Å². The van der Waals surface area contributed by atoms with E-state index >= 15 is 0 Å². The summed E-state index contributed by atoms with van der Waals surface area (Å²) in [4.78, 5) is 12.7. The van der Waals surface area contributed by atoms with Gasteiger partial charge in [-0.1, -0.05) is 42.5 Å². The summed E-state index contributed by atoms with van der Waals surface area (Å²) in [5, 5.41) is 12.3. The molecule has 0 saturated heterocycles. The molecule has 0 aromatic heterocycles. The lowest BCUT2D eigenvalue weighted by atomic mass is 10.1. The van der Waals surface area contributed by atoms with Crippen LogP contribution in [0.1, 0.15) is 11.1 Å². The third kappa shape index (κ3) is 4.65. The van der Waals surface area contributed by atoms with Gasteiger partial charge in [0.15, 0.2) is 23.0 Å². The number of benzene rings is 3. The summed E-state index contributed by atoms with van der Waals surface area (Å²) < 4.78 is 22.0. The molecule has 1 heterocycles. The molecule has 0 atom stereocenters. The van der Waals surface area contributed by atoms with Gasteiger partial charge in [0.2, 0.25) is 6.79 Å². The van der Waals surface area contributed by atoms with E-state index < -0.39 is 5.91 Å². The second-order valence-electron chi connectivity index (χ2n) is 6.84. The van der Waals surface area contributed by atoms with Gasteiger partial charge in [-0.15, -0.1) is 0 Å². The van der Waals surface area contributed by atoms with Crippen LogP contribution in [0.3, 0.4) is 0 Å². The summed E-state index contributed by atoms with van der Waals surface area (Å²) in [5.41, 5.74) is 1.94. The summed E-state index contributed by atoms with van der Waals surface area (Å²) in [6.45, 7) is 0.449. The minimum absolute atomic E-state index is 0.0829. The Kier molecular flexibility index (Phi) is 6.23. The molecule has 1 aliphatic rings. The lowest BCUT2D eigenvalue weighted by Gasteiger charge is -2.14. The molecule has 3 aromatic carbocycles. The first-order valence-corrected chi connectivity index (χ1v) is 9.84. The number of ether oxygens (including phenoxy) is 4. The van der Waals surface area contributed by atoms with E-state index in [1.54, 1.807) is 36.4 Å². The SMILES string of the molecule is COc1cccc(/C=C(\C#N)C(=O)Nc2ccc3c(c2)OCO3)c1OCc1ccccc1. The Hall–Kier alpha value is -4.44. The lowest BCUT2D eigenvalue weighted by molar-refractivity contribution is -0.112. The summed E-state index contributed by atoms with van der Waals surface area (Å²) >= 11 is 0. The van der Waals surface area contributed by atoms with Crippen LogP contribution in [0.2, 0.25) is 0 Å². The van der Waals surface area contributed by atoms with Gasteiger partial charge in [0.05, 0.1) is 7.11 Å². The molecule has 3 aromatic rings. The van der Waals surface area contributed by atoms with E-state index in [2.05, 4.69) is 5.32 Å². The molecular weight excluding hydrogens is 408 g/mol. The largest absolute Gasteiger partial charge is 0.493 e. The molecular formula is C25H20N2O5. The van der Waals surface area contributed by atoms with Crippen LogP contribution >= 0.6 is 0 Å². The first-order valence-electron chi connectivity index (χ1n) is 9.84. The lowest BCUT2D eigenvalue weighted by Crippen LogP contribution is -2.13. The number of para-hydroxylation sites is 1. The molecule has 4 rings (SSSR count). The van der Waals surface area contributed by atoms with Gasteiger partial charge in [0.25, 0.3) is 5.91 Å². The highest BCUT2D eigenvalue weighted by Gasteiger charge is 2.17. The second kappa shape index (κ2) is 9.58. The highest BCUT2D eigenvalue weighted by molar-refractivity contribution is 6.10. The quantitative estimate of drug-likeness (QED) is 0.439. The monoisotopic (exact) mass is 428 g/mol. The molecule has 7 nitrogen and oxygen atoms in total. The van der Waals surface area contributed by atoms with Gasteiger partial charge in [-0.3, -0.25) is 4.79 Å². The molecule has 1 N–H and O–H groups in total. The van der Waals surface area contributed by atoms with Gasteiger partial charge in [0.1, 0.15) is 18.2 Å². The van der Waals surface area contributed by atoms with E-state index in [-0.39, 0.29) is 12.4 Å².